The summed E-state index contributed by atoms with van der Waals surface area (Å²) >= 11 is 0. The highest BCUT2D eigenvalue weighted by atomic mass is 127. The Labute approximate surface area is 199 Å². The number of likely N-dealkylation sites (N-methyl/N-ethyl adjacent to an activating group) is 1. The molecule has 0 aromatic carbocycles. The van der Waals surface area contributed by atoms with E-state index in [0.29, 0.717) is 12.0 Å². The summed E-state index contributed by atoms with van der Waals surface area (Å²) in [6, 6.07) is 4.36. The number of nitrogens with one attached hydrogen (secondary N) is 1. The average molecular weight is 527 g/mol. The van der Waals surface area contributed by atoms with Crippen LogP contribution in [0, 0.1) is 5.41 Å². The van der Waals surface area contributed by atoms with Gasteiger partial charge in [-0.25, -0.2) is 9.98 Å². The van der Waals surface area contributed by atoms with E-state index in [1.807, 2.05) is 6.20 Å². The van der Waals surface area contributed by atoms with E-state index >= 15 is 0 Å². The average Bonchev–Trinajstić information content (AvgIpc) is 3.15. The summed E-state index contributed by atoms with van der Waals surface area (Å²) in [7, 11) is 2.18. The van der Waals surface area contributed by atoms with Crippen molar-refractivity contribution in [3.63, 3.8) is 0 Å². The predicted molar refractivity (Wildman–Crippen MR) is 136 cm³/mol. The number of likely N-dealkylation sites (tertiary alicyclic amines) is 1. The lowest BCUT2D eigenvalue weighted by Gasteiger charge is -2.33. The van der Waals surface area contributed by atoms with Gasteiger partial charge in [0.15, 0.2) is 5.96 Å². The predicted octanol–water partition coefficient (Wildman–Crippen LogP) is 3.57. The second-order valence-corrected chi connectivity index (χ2v) is 9.22. The molecule has 0 amide bonds. The Morgan fingerprint density at radius 2 is 1.83 bits per heavy atom. The van der Waals surface area contributed by atoms with Crippen LogP contribution in [0.4, 0.5) is 5.82 Å². The normalized spacial score (nSPS) is 22.3. The van der Waals surface area contributed by atoms with Crippen LogP contribution in [0.15, 0.2) is 23.3 Å². The zero-order valence-electron chi connectivity index (χ0n) is 18.8. The van der Waals surface area contributed by atoms with Crippen molar-refractivity contribution in [1.29, 1.82) is 0 Å². The summed E-state index contributed by atoms with van der Waals surface area (Å²) in [4.78, 5) is 16.9. The highest BCUT2D eigenvalue weighted by molar-refractivity contribution is 14.0. The van der Waals surface area contributed by atoms with E-state index in [2.05, 4.69) is 46.1 Å². The Bertz CT molecular complexity index is 677. The van der Waals surface area contributed by atoms with Crippen molar-refractivity contribution in [2.24, 2.45) is 10.4 Å². The van der Waals surface area contributed by atoms with Crippen LogP contribution in [-0.2, 0) is 6.54 Å². The molecule has 7 heteroatoms. The molecular weight excluding hydrogens is 487 g/mol. The van der Waals surface area contributed by atoms with Crippen molar-refractivity contribution in [2.75, 3.05) is 57.8 Å². The van der Waals surface area contributed by atoms with Crippen LogP contribution in [0.1, 0.15) is 51.0 Å². The van der Waals surface area contributed by atoms with E-state index in [1.54, 1.807) is 0 Å². The van der Waals surface area contributed by atoms with E-state index in [0.717, 1.165) is 51.0 Å². The molecule has 4 rings (SSSR count). The summed E-state index contributed by atoms with van der Waals surface area (Å²) in [5.74, 6) is 2.18. The van der Waals surface area contributed by atoms with Gasteiger partial charge in [-0.15, -0.1) is 24.0 Å². The van der Waals surface area contributed by atoms with Crippen molar-refractivity contribution in [2.45, 2.75) is 52.0 Å². The standard InChI is InChI=1S/C23H38N6.HI/c1-3-24-22(29-12-11-23(19-29)9-5-4-6-10-23)26-18-20-7-8-21(25-17-20)28-15-13-27(2)14-16-28;/h7-8,17H,3-6,9-16,18-19H2,1-2H3,(H,24,26);1H. The molecule has 3 heterocycles. The molecule has 0 bridgehead atoms. The molecule has 6 nitrogen and oxygen atoms in total. The number of hydrogen-bond donors (Lipinski definition) is 1. The number of guanidine groups is 1. The Hall–Kier alpha value is -1.09. The fraction of sp³-hybridized carbons (Fsp3) is 0.739. The molecule has 168 valence electrons. The molecule has 1 aliphatic carbocycles. The fourth-order valence-corrected chi connectivity index (χ4v) is 5.15. The van der Waals surface area contributed by atoms with Crippen molar-refractivity contribution in [3.8, 4) is 0 Å². The lowest BCUT2D eigenvalue weighted by atomic mass is 9.73. The first-order chi connectivity index (χ1) is 14.2. The van der Waals surface area contributed by atoms with Crippen LogP contribution < -0.4 is 10.2 Å². The molecule has 1 N–H and O–H groups in total. The van der Waals surface area contributed by atoms with Gasteiger partial charge in [0, 0.05) is 52.0 Å². The molecule has 0 radical (unpaired) electrons. The van der Waals surface area contributed by atoms with Crippen molar-refractivity contribution in [1.82, 2.24) is 20.1 Å². The van der Waals surface area contributed by atoms with Crippen molar-refractivity contribution < 1.29 is 0 Å². The molecule has 0 atom stereocenters. The van der Waals surface area contributed by atoms with Crippen LogP contribution in [0.2, 0.25) is 0 Å². The minimum Gasteiger partial charge on any atom is -0.357 e. The number of aliphatic imine (C=N–C) groups is 1. The van der Waals surface area contributed by atoms with Crippen molar-refractivity contribution in [3.05, 3.63) is 23.9 Å². The van der Waals surface area contributed by atoms with Crippen LogP contribution in [0.3, 0.4) is 0 Å². The van der Waals surface area contributed by atoms with Gasteiger partial charge >= 0.3 is 0 Å². The lowest BCUT2D eigenvalue weighted by molar-refractivity contribution is 0.203. The minimum absolute atomic E-state index is 0. The third-order valence-corrected chi connectivity index (χ3v) is 7.03. The zero-order valence-corrected chi connectivity index (χ0v) is 21.1. The monoisotopic (exact) mass is 526 g/mol. The third kappa shape index (κ3) is 5.78. The Kier molecular flexibility index (Phi) is 8.62. The Morgan fingerprint density at radius 1 is 1.07 bits per heavy atom. The van der Waals surface area contributed by atoms with Gasteiger partial charge in [0.1, 0.15) is 5.82 Å². The van der Waals surface area contributed by atoms with Gasteiger partial charge in [-0.2, -0.15) is 0 Å². The van der Waals surface area contributed by atoms with E-state index in [9.17, 15) is 0 Å². The first-order valence-electron chi connectivity index (χ1n) is 11.6. The second-order valence-electron chi connectivity index (χ2n) is 9.22. The van der Waals surface area contributed by atoms with Crippen LogP contribution in [0.5, 0.6) is 0 Å². The molecule has 1 saturated carbocycles. The SMILES string of the molecule is CCNC(=NCc1ccc(N2CCN(C)CC2)nc1)N1CCC2(CCCCC2)C1.I. The number of rotatable bonds is 4. The highest BCUT2D eigenvalue weighted by Gasteiger charge is 2.39. The summed E-state index contributed by atoms with van der Waals surface area (Å²) in [6.45, 7) is 10.4. The molecule has 3 fully saturated rings. The molecular formula is C23H39IN6. The Balaban J connectivity index is 0.00000256. The molecule has 0 unspecified atom stereocenters. The second kappa shape index (κ2) is 11.0. The number of nitrogens with zero attached hydrogens (tertiary/aromatic N) is 5. The van der Waals surface area contributed by atoms with Crippen LogP contribution in [0.25, 0.3) is 0 Å². The molecule has 1 spiro atoms. The minimum atomic E-state index is 0. The molecule has 1 aromatic heterocycles. The fourth-order valence-electron chi connectivity index (χ4n) is 5.15. The molecule has 3 aliphatic rings. The molecule has 1 aromatic rings. The molecule has 2 saturated heterocycles. The number of anilines is 1. The first kappa shape index (κ1) is 23.6. The smallest absolute Gasteiger partial charge is 0.194 e. The quantitative estimate of drug-likeness (QED) is 0.370. The maximum atomic E-state index is 4.97. The maximum Gasteiger partial charge on any atom is 0.194 e. The van der Waals surface area contributed by atoms with Crippen molar-refractivity contribution >= 4 is 35.8 Å². The highest BCUT2D eigenvalue weighted by Crippen LogP contribution is 2.43. The zero-order chi connectivity index (χ0) is 20.1. The van der Waals surface area contributed by atoms with Gasteiger partial charge in [0.25, 0.3) is 0 Å². The number of hydrogen-bond acceptors (Lipinski definition) is 4. The number of pyridine rings is 1. The van der Waals surface area contributed by atoms with E-state index in [1.165, 1.54) is 50.6 Å². The number of aromatic nitrogens is 1. The molecule has 2 aliphatic heterocycles. The van der Waals surface area contributed by atoms with Gasteiger partial charge in [0.05, 0.1) is 6.54 Å². The van der Waals surface area contributed by atoms with E-state index in [4.69, 9.17) is 9.98 Å². The third-order valence-electron chi connectivity index (χ3n) is 7.03. The molecule has 30 heavy (non-hydrogen) atoms. The number of halogens is 1. The van der Waals surface area contributed by atoms with Crippen LogP contribution >= 0.6 is 24.0 Å². The van der Waals surface area contributed by atoms with Gasteiger partial charge in [0.2, 0.25) is 0 Å². The van der Waals surface area contributed by atoms with Crippen LogP contribution in [-0.4, -0.2) is 73.6 Å². The van der Waals surface area contributed by atoms with E-state index in [-0.39, 0.29) is 24.0 Å². The largest absolute Gasteiger partial charge is 0.357 e. The maximum absolute atomic E-state index is 4.97. The number of piperazine rings is 1. The van der Waals surface area contributed by atoms with Gasteiger partial charge in [-0.1, -0.05) is 25.3 Å². The van der Waals surface area contributed by atoms with Gasteiger partial charge in [-0.3, -0.25) is 0 Å². The van der Waals surface area contributed by atoms with Gasteiger partial charge < -0.3 is 20.0 Å². The topological polar surface area (TPSA) is 47.0 Å². The first-order valence-corrected chi connectivity index (χ1v) is 11.6. The van der Waals surface area contributed by atoms with Gasteiger partial charge in [-0.05, 0) is 50.3 Å². The summed E-state index contributed by atoms with van der Waals surface area (Å²) in [6.07, 6.45) is 10.4. The summed E-state index contributed by atoms with van der Waals surface area (Å²) in [5, 5.41) is 3.53. The van der Waals surface area contributed by atoms with E-state index < -0.39 is 0 Å². The summed E-state index contributed by atoms with van der Waals surface area (Å²) < 4.78 is 0. The Morgan fingerprint density at radius 3 is 2.50 bits per heavy atom. The lowest BCUT2D eigenvalue weighted by Crippen LogP contribution is -2.44. The summed E-state index contributed by atoms with van der Waals surface area (Å²) in [5.41, 5.74) is 1.74.